The lowest BCUT2D eigenvalue weighted by Crippen LogP contribution is -2.41. The second-order valence-electron chi connectivity index (χ2n) is 7.88. The van der Waals surface area contributed by atoms with Crippen LogP contribution in [0.3, 0.4) is 0 Å². The zero-order valence-corrected chi connectivity index (χ0v) is 14.0. The van der Waals surface area contributed by atoms with E-state index in [4.69, 9.17) is 0 Å². The van der Waals surface area contributed by atoms with Gasteiger partial charge >= 0.3 is 6.03 Å². The van der Waals surface area contributed by atoms with Gasteiger partial charge in [0.2, 0.25) is 0 Å². The fourth-order valence-electron chi connectivity index (χ4n) is 5.54. The summed E-state index contributed by atoms with van der Waals surface area (Å²) in [5, 5.41) is 6.12. The van der Waals surface area contributed by atoms with Gasteiger partial charge in [-0.3, -0.25) is 0 Å². The maximum absolute atomic E-state index is 12.0. The highest BCUT2D eigenvalue weighted by Gasteiger charge is 2.53. The van der Waals surface area contributed by atoms with Crippen molar-refractivity contribution in [2.24, 2.45) is 29.6 Å². The van der Waals surface area contributed by atoms with Crippen LogP contribution in [0.5, 0.6) is 0 Å². The van der Waals surface area contributed by atoms with E-state index < -0.39 is 0 Å². The van der Waals surface area contributed by atoms with E-state index in [1.165, 1.54) is 31.4 Å². The maximum atomic E-state index is 12.0. The molecule has 1 heterocycles. The fourth-order valence-corrected chi connectivity index (χ4v) is 5.54. The summed E-state index contributed by atoms with van der Waals surface area (Å²) in [7, 11) is 0. The lowest BCUT2D eigenvalue weighted by atomic mass is 9.75. The van der Waals surface area contributed by atoms with Crippen molar-refractivity contribution in [2.75, 3.05) is 13.1 Å². The normalized spacial score (nSPS) is 34.0. The van der Waals surface area contributed by atoms with Crippen LogP contribution in [0.4, 0.5) is 4.79 Å². The first-order valence-electron chi connectivity index (χ1n) is 9.19. The number of carbonyl (C=O) groups is 1. The van der Waals surface area contributed by atoms with Gasteiger partial charge in [-0.15, -0.1) is 0 Å². The molecule has 0 aromatic carbocycles. The van der Waals surface area contributed by atoms with Gasteiger partial charge in [0, 0.05) is 31.5 Å². The fraction of sp³-hybridized carbons (Fsp3) is 0.778. The number of aromatic nitrogens is 2. The third-order valence-corrected chi connectivity index (χ3v) is 6.52. The molecule has 0 radical (unpaired) electrons. The molecule has 5 heteroatoms. The van der Waals surface area contributed by atoms with E-state index in [1.54, 1.807) is 0 Å². The van der Waals surface area contributed by atoms with E-state index in [1.807, 2.05) is 12.5 Å². The number of imidazole rings is 1. The van der Waals surface area contributed by atoms with Crippen LogP contribution in [0.1, 0.15) is 37.8 Å². The summed E-state index contributed by atoms with van der Waals surface area (Å²) in [6.07, 6.45) is 10.4. The number of carbonyl (C=O) groups excluding carboxylic acids is 1. The van der Waals surface area contributed by atoms with Crippen LogP contribution in [0, 0.1) is 36.5 Å². The second kappa shape index (κ2) is 6.17. The van der Waals surface area contributed by atoms with Crippen LogP contribution >= 0.6 is 0 Å². The van der Waals surface area contributed by atoms with E-state index in [0.29, 0.717) is 6.54 Å². The van der Waals surface area contributed by atoms with Crippen LogP contribution in [-0.4, -0.2) is 28.7 Å². The van der Waals surface area contributed by atoms with Crippen LogP contribution in [-0.2, 0) is 6.54 Å². The Morgan fingerprint density at radius 2 is 2.13 bits per heavy atom. The summed E-state index contributed by atoms with van der Waals surface area (Å²) in [5.74, 6) is 4.54. The van der Waals surface area contributed by atoms with Crippen LogP contribution in [0.25, 0.3) is 0 Å². The highest BCUT2D eigenvalue weighted by molar-refractivity contribution is 5.73. The van der Waals surface area contributed by atoms with Crippen molar-refractivity contribution in [3.8, 4) is 0 Å². The van der Waals surface area contributed by atoms with E-state index >= 15 is 0 Å². The number of hydrogen-bond acceptors (Lipinski definition) is 2. The third kappa shape index (κ3) is 2.98. The molecule has 4 saturated carbocycles. The number of urea groups is 1. The summed E-state index contributed by atoms with van der Waals surface area (Å²) in [6, 6.07) is 0.00433. The van der Waals surface area contributed by atoms with Crippen LogP contribution in [0.15, 0.2) is 12.5 Å². The van der Waals surface area contributed by atoms with Gasteiger partial charge in [-0.2, -0.15) is 0 Å². The number of aryl methyl sites for hydroxylation is 2. The van der Waals surface area contributed by atoms with E-state index in [9.17, 15) is 4.79 Å². The maximum Gasteiger partial charge on any atom is 0.314 e. The molecular weight excluding hydrogens is 288 g/mol. The van der Waals surface area contributed by atoms with Crippen molar-refractivity contribution in [3.63, 3.8) is 0 Å². The lowest BCUT2D eigenvalue weighted by Gasteiger charge is -2.32. The average molecular weight is 316 g/mol. The molecule has 0 saturated heterocycles. The van der Waals surface area contributed by atoms with Gasteiger partial charge in [0.05, 0.1) is 6.33 Å². The van der Waals surface area contributed by atoms with Crippen LogP contribution < -0.4 is 10.6 Å². The molecule has 4 fully saturated rings. The molecule has 5 nitrogen and oxygen atoms in total. The first-order chi connectivity index (χ1) is 11.2. The standard InChI is InChI=1S/C18H28N4O/c1-12-9-19-11-22(12)4-2-3-20-18(23)21-10-17-15-6-13-5-14(8-15)16(17)7-13/h9,11,13-17H,2-8,10H2,1H3,(H2,20,21,23). The Morgan fingerprint density at radius 3 is 2.91 bits per heavy atom. The minimum absolute atomic E-state index is 0.00433. The Labute approximate surface area is 138 Å². The summed E-state index contributed by atoms with van der Waals surface area (Å²) in [6.45, 7) is 4.55. The molecule has 2 N–H and O–H groups in total. The number of rotatable bonds is 6. The molecular formula is C18H28N4O. The molecule has 2 amide bonds. The van der Waals surface area contributed by atoms with Gasteiger partial charge in [-0.25, -0.2) is 9.78 Å². The minimum atomic E-state index is 0.00433. The average Bonchev–Trinajstić information content (AvgIpc) is 3.14. The SMILES string of the molecule is Cc1cncn1CCCNC(=O)NCC1C2CC3CC(C2)C1C3. The number of nitrogens with one attached hydrogen (secondary N) is 2. The van der Waals surface area contributed by atoms with Gasteiger partial charge in [-0.1, -0.05) is 0 Å². The molecule has 126 valence electrons. The lowest BCUT2D eigenvalue weighted by molar-refractivity contribution is 0.189. The summed E-state index contributed by atoms with van der Waals surface area (Å²) >= 11 is 0. The zero-order valence-electron chi connectivity index (χ0n) is 14.0. The van der Waals surface area contributed by atoms with Crippen molar-refractivity contribution < 1.29 is 4.79 Å². The van der Waals surface area contributed by atoms with E-state index in [2.05, 4.69) is 27.1 Å². The van der Waals surface area contributed by atoms with Gasteiger partial charge < -0.3 is 15.2 Å². The smallest absolute Gasteiger partial charge is 0.314 e. The molecule has 5 atom stereocenters. The Kier molecular flexibility index (Phi) is 4.04. The van der Waals surface area contributed by atoms with Gasteiger partial charge in [-0.05, 0) is 68.6 Å². The summed E-state index contributed by atoms with van der Waals surface area (Å²) in [5.41, 5.74) is 1.17. The topological polar surface area (TPSA) is 59.0 Å². The monoisotopic (exact) mass is 316 g/mol. The molecule has 1 aromatic heterocycles. The number of hydrogen-bond donors (Lipinski definition) is 2. The number of amides is 2. The van der Waals surface area contributed by atoms with Gasteiger partial charge in [0.1, 0.15) is 0 Å². The number of nitrogens with zero attached hydrogens (tertiary/aromatic N) is 2. The van der Waals surface area contributed by atoms with Crippen LogP contribution in [0.2, 0.25) is 0 Å². The largest absolute Gasteiger partial charge is 0.338 e. The van der Waals surface area contributed by atoms with Crippen molar-refractivity contribution >= 4 is 6.03 Å². The molecule has 23 heavy (non-hydrogen) atoms. The molecule has 5 unspecified atom stereocenters. The highest BCUT2D eigenvalue weighted by Crippen LogP contribution is 2.60. The second-order valence-corrected chi connectivity index (χ2v) is 7.88. The highest BCUT2D eigenvalue weighted by atomic mass is 16.2. The van der Waals surface area contributed by atoms with Gasteiger partial charge in [0.15, 0.2) is 0 Å². The Morgan fingerprint density at radius 1 is 1.26 bits per heavy atom. The summed E-state index contributed by atoms with van der Waals surface area (Å²) in [4.78, 5) is 16.1. The Hall–Kier alpha value is -1.52. The molecule has 4 aliphatic carbocycles. The van der Waals surface area contributed by atoms with Crippen molar-refractivity contribution in [1.82, 2.24) is 20.2 Å². The molecule has 4 bridgehead atoms. The van der Waals surface area contributed by atoms with Crippen molar-refractivity contribution in [1.29, 1.82) is 0 Å². The quantitative estimate of drug-likeness (QED) is 0.793. The zero-order chi connectivity index (χ0) is 15.8. The van der Waals surface area contributed by atoms with Gasteiger partial charge in [0.25, 0.3) is 0 Å². The summed E-state index contributed by atoms with van der Waals surface area (Å²) < 4.78 is 2.12. The molecule has 0 spiro atoms. The van der Waals surface area contributed by atoms with Crippen molar-refractivity contribution in [2.45, 2.75) is 45.6 Å². The molecule has 0 aliphatic heterocycles. The predicted molar refractivity (Wildman–Crippen MR) is 88.9 cm³/mol. The molecule has 4 aliphatic rings. The molecule has 1 aromatic rings. The first-order valence-corrected chi connectivity index (χ1v) is 9.19. The Balaban J connectivity index is 1.15. The first kappa shape index (κ1) is 15.0. The van der Waals surface area contributed by atoms with E-state index in [-0.39, 0.29) is 6.03 Å². The molecule has 5 rings (SSSR count). The van der Waals surface area contributed by atoms with Crippen molar-refractivity contribution in [3.05, 3.63) is 18.2 Å². The Bertz CT molecular complexity index is 565. The third-order valence-electron chi connectivity index (χ3n) is 6.52. The van der Waals surface area contributed by atoms with E-state index in [0.717, 1.165) is 49.1 Å². The predicted octanol–water partition coefficient (Wildman–Crippen LogP) is 2.56. The minimum Gasteiger partial charge on any atom is -0.338 e.